The minimum atomic E-state index is -3.91. The second-order valence-corrected chi connectivity index (χ2v) is 7.66. The van der Waals surface area contributed by atoms with Gasteiger partial charge in [-0.15, -0.1) is 0 Å². The predicted octanol–water partition coefficient (Wildman–Crippen LogP) is 2.67. The first kappa shape index (κ1) is 16.7. The van der Waals surface area contributed by atoms with Crippen LogP contribution in [0.1, 0.15) is 31.7 Å². The zero-order valence-corrected chi connectivity index (χ0v) is 13.7. The van der Waals surface area contributed by atoms with Crippen LogP contribution in [0, 0.1) is 11.7 Å². The molecule has 21 heavy (non-hydrogen) atoms. The van der Waals surface area contributed by atoms with Gasteiger partial charge in [-0.25, -0.2) is 17.5 Å². The van der Waals surface area contributed by atoms with Crippen LogP contribution in [-0.2, 0) is 16.6 Å². The Hall–Kier alpha value is -0.690. The lowest BCUT2D eigenvalue weighted by atomic mass is 10.1. The van der Waals surface area contributed by atoms with E-state index >= 15 is 0 Å². The Morgan fingerprint density at radius 3 is 2.67 bits per heavy atom. The van der Waals surface area contributed by atoms with Crippen molar-refractivity contribution >= 4 is 21.6 Å². The summed E-state index contributed by atoms with van der Waals surface area (Å²) >= 11 is 5.92. The van der Waals surface area contributed by atoms with E-state index in [0.717, 1.165) is 25.3 Å². The first-order chi connectivity index (χ1) is 9.85. The first-order valence-electron chi connectivity index (χ1n) is 7.00. The van der Waals surface area contributed by atoms with Gasteiger partial charge in [0.2, 0.25) is 10.0 Å². The van der Waals surface area contributed by atoms with Gasteiger partial charge in [-0.2, -0.15) is 0 Å². The standard InChI is InChI=1S/C14H20ClFN2O2S/c1-9-4-3-5-12(9)18-21(19,20)13-7-11(15)6-10(8-17-2)14(13)16/h6-7,9,12,17-18H,3-5,8H2,1-2H3. The van der Waals surface area contributed by atoms with Crippen LogP contribution in [-0.4, -0.2) is 21.5 Å². The topological polar surface area (TPSA) is 58.2 Å². The minimum Gasteiger partial charge on any atom is -0.316 e. The van der Waals surface area contributed by atoms with Crippen molar-refractivity contribution in [2.24, 2.45) is 5.92 Å². The lowest BCUT2D eigenvalue weighted by molar-refractivity contribution is 0.472. The largest absolute Gasteiger partial charge is 0.316 e. The molecule has 1 aliphatic rings. The van der Waals surface area contributed by atoms with Gasteiger partial charge in [0.15, 0.2) is 0 Å². The van der Waals surface area contributed by atoms with Crippen molar-refractivity contribution in [2.75, 3.05) is 7.05 Å². The summed E-state index contributed by atoms with van der Waals surface area (Å²) in [5.74, 6) is -0.481. The molecule has 1 aromatic rings. The Morgan fingerprint density at radius 2 is 2.10 bits per heavy atom. The van der Waals surface area contributed by atoms with Crippen LogP contribution in [0.4, 0.5) is 4.39 Å². The monoisotopic (exact) mass is 334 g/mol. The molecule has 7 heteroatoms. The van der Waals surface area contributed by atoms with Crippen LogP contribution in [0.5, 0.6) is 0 Å². The Balaban J connectivity index is 2.35. The Labute approximate surface area is 130 Å². The highest BCUT2D eigenvalue weighted by molar-refractivity contribution is 7.89. The minimum absolute atomic E-state index is 0.138. The molecule has 0 aromatic heterocycles. The van der Waals surface area contributed by atoms with E-state index in [-0.39, 0.29) is 34.0 Å². The van der Waals surface area contributed by atoms with Crippen LogP contribution in [0.2, 0.25) is 5.02 Å². The molecule has 0 aliphatic heterocycles. The highest BCUT2D eigenvalue weighted by Gasteiger charge is 2.30. The number of halogens is 2. The lowest BCUT2D eigenvalue weighted by Crippen LogP contribution is -2.37. The fourth-order valence-corrected chi connectivity index (χ4v) is 4.55. The van der Waals surface area contributed by atoms with Crippen molar-refractivity contribution < 1.29 is 12.8 Å². The van der Waals surface area contributed by atoms with E-state index in [0.29, 0.717) is 0 Å². The van der Waals surface area contributed by atoms with Gasteiger partial charge >= 0.3 is 0 Å². The smallest absolute Gasteiger partial charge is 0.243 e. The first-order valence-corrected chi connectivity index (χ1v) is 8.86. The van der Waals surface area contributed by atoms with Gasteiger partial charge in [0.25, 0.3) is 0 Å². The van der Waals surface area contributed by atoms with Gasteiger partial charge in [-0.1, -0.05) is 24.9 Å². The molecule has 1 saturated carbocycles. The van der Waals surface area contributed by atoms with E-state index < -0.39 is 15.8 Å². The summed E-state index contributed by atoms with van der Waals surface area (Å²) in [5, 5.41) is 3.01. The zero-order valence-electron chi connectivity index (χ0n) is 12.1. The lowest BCUT2D eigenvalue weighted by Gasteiger charge is -2.18. The molecule has 2 atom stereocenters. The fraction of sp³-hybridized carbons (Fsp3) is 0.571. The molecule has 0 bridgehead atoms. The Morgan fingerprint density at radius 1 is 1.38 bits per heavy atom. The van der Waals surface area contributed by atoms with E-state index in [1.165, 1.54) is 6.07 Å². The van der Waals surface area contributed by atoms with Crippen molar-refractivity contribution in [3.05, 3.63) is 28.5 Å². The third kappa shape index (κ3) is 3.74. The molecular formula is C14H20ClFN2O2S. The van der Waals surface area contributed by atoms with E-state index in [1.54, 1.807) is 7.05 Å². The molecule has 4 nitrogen and oxygen atoms in total. The Bertz CT molecular complexity index is 622. The van der Waals surface area contributed by atoms with E-state index in [9.17, 15) is 12.8 Å². The summed E-state index contributed by atoms with van der Waals surface area (Å²) in [6, 6.07) is 2.46. The van der Waals surface area contributed by atoms with Crippen molar-refractivity contribution in [1.29, 1.82) is 0 Å². The molecule has 2 rings (SSSR count). The van der Waals surface area contributed by atoms with E-state index in [1.807, 2.05) is 6.92 Å². The normalized spacial score (nSPS) is 22.7. The average molecular weight is 335 g/mol. The summed E-state index contributed by atoms with van der Waals surface area (Å²) in [4.78, 5) is -0.376. The molecule has 2 unspecified atom stereocenters. The molecule has 118 valence electrons. The summed E-state index contributed by atoms with van der Waals surface area (Å²) in [6.07, 6.45) is 2.75. The maximum Gasteiger partial charge on any atom is 0.243 e. The second kappa shape index (κ2) is 6.60. The van der Waals surface area contributed by atoms with Crippen molar-refractivity contribution in [3.8, 4) is 0 Å². The van der Waals surface area contributed by atoms with Crippen molar-refractivity contribution in [3.63, 3.8) is 0 Å². The number of rotatable bonds is 5. The number of hydrogen-bond acceptors (Lipinski definition) is 3. The van der Waals surface area contributed by atoms with Gasteiger partial charge in [-0.3, -0.25) is 0 Å². The molecule has 2 N–H and O–H groups in total. The molecule has 0 heterocycles. The van der Waals surface area contributed by atoms with E-state index in [2.05, 4.69) is 10.0 Å². The highest BCUT2D eigenvalue weighted by Crippen LogP contribution is 2.28. The predicted molar refractivity (Wildman–Crippen MR) is 81.3 cm³/mol. The summed E-state index contributed by atoms with van der Waals surface area (Å²) in [7, 11) is -2.25. The fourth-order valence-electron chi connectivity index (χ4n) is 2.72. The van der Waals surface area contributed by atoms with Crippen LogP contribution in [0.25, 0.3) is 0 Å². The number of sulfonamides is 1. The third-order valence-corrected chi connectivity index (χ3v) is 5.61. The third-order valence-electron chi connectivity index (χ3n) is 3.90. The molecule has 0 radical (unpaired) electrons. The molecule has 1 aliphatic carbocycles. The molecule has 0 spiro atoms. The summed E-state index contributed by atoms with van der Waals surface area (Å²) < 4.78 is 41.9. The van der Waals surface area contributed by atoms with Crippen molar-refractivity contribution in [2.45, 2.75) is 43.7 Å². The summed E-state index contributed by atoms with van der Waals surface area (Å²) in [6.45, 7) is 2.22. The van der Waals surface area contributed by atoms with Gasteiger partial charge in [0, 0.05) is 23.2 Å². The molecule has 0 amide bonds. The maximum absolute atomic E-state index is 14.4. The number of hydrogen-bond donors (Lipinski definition) is 2. The van der Waals surface area contributed by atoms with Crippen molar-refractivity contribution in [1.82, 2.24) is 10.0 Å². The highest BCUT2D eigenvalue weighted by atomic mass is 35.5. The van der Waals surface area contributed by atoms with E-state index in [4.69, 9.17) is 11.6 Å². The van der Waals surface area contributed by atoms with Gasteiger partial charge < -0.3 is 5.32 Å². The average Bonchev–Trinajstić information content (AvgIpc) is 2.78. The molecule has 0 saturated heterocycles. The SMILES string of the molecule is CNCc1cc(Cl)cc(S(=O)(=O)NC2CCCC2C)c1F. The van der Waals surface area contributed by atoms with Gasteiger partial charge in [-0.05, 0) is 37.9 Å². The van der Waals surface area contributed by atoms with Crippen LogP contribution < -0.4 is 10.0 Å². The molecular weight excluding hydrogens is 315 g/mol. The number of nitrogens with one attached hydrogen (secondary N) is 2. The second-order valence-electron chi connectivity index (χ2n) is 5.54. The summed E-state index contributed by atoms with van der Waals surface area (Å²) in [5.41, 5.74) is 0.241. The molecule has 1 fully saturated rings. The molecule has 1 aromatic carbocycles. The van der Waals surface area contributed by atoms with Crippen LogP contribution >= 0.6 is 11.6 Å². The number of benzene rings is 1. The van der Waals surface area contributed by atoms with Gasteiger partial charge in [0.1, 0.15) is 10.7 Å². The zero-order chi connectivity index (χ0) is 15.6. The quantitative estimate of drug-likeness (QED) is 0.870. The van der Waals surface area contributed by atoms with Crippen LogP contribution in [0.15, 0.2) is 17.0 Å². The Kier molecular flexibility index (Phi) is 5.24. The maximum atomic E-state index is 14.4. The van der Waals surface area contributed by atoms with Gasteiger partial charge in [0.05, 0.1) is 0 Å². The van der Waals surface area contributed by atoms with Crippen LogP contribution in [0.3, 0.4) is 0 Å².